The van der Waals surface area contributed by atoms with Gasteiger partial charge in [0.25, 0.3) is 5.91 Å². The molecule has 0 atom stereocenters. The summed E-state index contributed by atoms with van der Waals surface area (Å²) in [4.78, 5) is 41.5. The molecule has 0 bridgehead atoms. The predicted molar refractivity (Wildman–Crippen MR) is 140 cm³/mol. The third kappa shape index (κ3) is 5.33. The van der Waals surface area contributed by atoms with Crippen LogP contribution < -0.4 is 14.9 Å². The quantitative estimate of drug-likeness (QED) is 0.265. The van der Waals surface area contributed by atoms with E-state index in [1.165, 1.54) is 29.2 Å². The molecule has 12 nitrogen and oxygen atoms in total. The Labute approximate surface area is 224 Å². The molecule has 1 saturated carbocycles. The number of carbonyl (C=O) groups excluding carboxylic acids is 2. The molecule has 5 rings (SSSR count). The molecule has 13 heteroatoms. The zero-order chi connectivity index (χ0) is 27.8. The maximum absolute atomic E-state index is 13.2. The fraction of sp³-hybridized carbons (Fsp3) is 0.346. The van der Waals surface area contributed by atoms with Crippen LogP contribution in [0.3, 0.4) is 0 Å². The fourth-order valence-electron chi connectivity index (χ4n) is 4.92. The van der Waals surface area contributed by atoms with Gasteiger partial charge in [-0.3, -0.25) is 14.6 Å². The van der Waals surface area contributed by atoms with E-state index >= 15 is 0 Å². The number of aliphatic hydroxyl groups is 1. The number of hydrogen-bond donors (Lipinski definition) is 3. The van der Waals surface area contributed by atoms with E-state index in [0.29, 0.717) is 18.6 Å². The largest absolute Gasteiger partial charge is 0.489 e. The summed E-state index contributed by atoms with van der Waals surface area (Å²) in [5.74, 6) is -1.17. The standard InChI is InChI=1S/C26H27N5O7S/c1-16-10-18(22-4-2-3-5-23(22)27-16)13-38-20-6-8-21(9-7-20)39(36,37)29-26(25(34)28-30-35)14-31(15-26)24(33)17-11-19(32)12-17/h2-10,17,19,29,32H,11-15H2,1H3,(H,28,34,35)/t17-,19+. The van der Waals surface area contributed by atoms with Crippen LogP contribution in [0.15, 0.2) is 64.8 Å². The number of nitrogens with zero attached hydrogens (tertiary/aromatic N) is 3. The van der Waals surface area contributed by atoms with Gasteiger partial charge in [0.2, 0.25) is 15.9 Å². The number of para-hydroxylation sites is 1. The van der Waals surface area contributed by atoms with Crippen LogP contribution in [0, 0.1) is 17.7 Å². The minimum atomic E-state index is -4.23. The van der Waals surface area contributed by atoms with Gasteiger partial charge in [0, 0.05) is 22.6 Å². The number of nitroso groups, excluding NO2 is 1. The monoisotopic (exact) mass is 553 g/mol. The number of fused-ring (bicyclic) bond motifs is 1. The van der Waals surface area contributed by atoms with E-state index in [4.69, 9.17) is 4.74 Å². The lowest BCUT2D eigenvalue weighted by atomic mass is 9.79. The molecule has 2 fully saturated rings. The molecular formula is C26H27N5O7S. The second kappa shape index (κ2) is 10.3. The molecule has 1 aliphatic carbocycles. The maximum atomic E-state index is 13.2. The number of pyridine rings is 1. The number of hydrogen-bond acceptors (Lipinski definition) is 9. The minimum absolute atomic E-state index is 0.127. The summed E-state index contributed by atoms with van der Waals surface area (Å²) in [6, 6.07) is 15.3. The molecule has 39 heavy (non-hydrogen) atoms. The molecule has 3 N–H and O–H groups in total. The first-order valence-electron chi connectivity index (χ1n) is 12.3. The molecule has 1 aliphatic heterocycles. The summed E-state index contributed by atoms with van der Waals surface area (Å²) in [5, 5.41) is 12.8. The van der Waals surface area contributed by atoms with Crippen LogP contribution in [0.5, 0.6) is 5.75 Å². The highest BCUT2D eigenvalue weighted by Gasteiger charge is 2.55. The van der Waals surface area contributed by atoms with Gasteiger partial charge in [-0.15, -0.1) is 4.91 Å². The van der Waals surface area contributed by atoms with Gasteiger partial charge >= 0.3 is 0 Å². The van der Waals surface area contributed by atoms with E-state index in [1.807, 2.05) is 37.3 Å². The molecule has 1 saturated heterocycles. The molecular weight excluding hydrogens is 526 g/mol. The van der Waals surface area contributed by atoms with Crippen LogP contribution in [0.1, 0.15) is 24.1 Å². The first-order valence-corrected chi connectivity index (χ1v) is 13.8. The molecule has 1 aromatic heterocycles. The van der Waals surface area contributed by atoms with Crippen molar-refractivity contribution in [2.45, 2.75) is 42.9 Å². The first-order chi connectivity index (χ1) is 18.6. The number of nitrogens with one attached hydrogen (secondary N) is 2. The van der Waals surface area contributed by atoms with Gasteiger partial charge in [-0.05, 0) is 56.2 Å². The average molecular weight is 554 g/mol. The van der Waals surface area contributed by atoms with Crippen molar-refractivity contribution in [2.24, 2.45) is 11.2 Å². The van der Waals surface area contributed by atoms with E-state index < -0.39 is 27.6 Å². The van der Waals surface area contributed by atoms with Crippen molar-refractivity contribution in [2.75, 3.05) is 13.1 Å². The third-order valence-corrected chi connectivity index (χ3v) is 8.62. The average Bonchev–Trinajstić information content (AvgIpc) is 2.87. The number of sulfonamides is 1. The lowest BCUT2D eigenvalue weighted by Crippen LogP contribution is -2.77. The molecule has 0 spiro atoms. The van der Waals surface area contributed by atoms with Gasteiger partial charge in [0.05, 0.1) is 34.9 Å². The highest BCUT2D eigenvalue weighted by molar-refractivity contribution is 7.89. The molecule has 2 amide bonds. The van der Waals surface area contributed by atoms with Gasteiger partial charge in [-0.25, -0.2) is 13.8 Å². The van der Waals surface area contributed by atoms with Crippen LogP contribution in [-0.4, -0.2) is 60.0 Å². The zero-order valence-electron chi connectivity index (χ0n) is 21.0. The molecule has 2 aliphatic rings. The number of amides is 2. The number of ether oxygens (including phenoxy) is 1. The topological polar surface area (TPSA) is 167 Å². The Morgan fingerprint density at radius 2 is 1.85 bits per heavy atom. The van der Waals surface area contributed by atoms with Crippen molar-refractivity contribution in [1.29, 1.82) is 0 Å². The van der Waals surface area contributed by atoms with E-state index in [1.54, 1.807) is 5.43 Å². The number of rotatable bonds is 9. The predicted octanol–water partition coefficient (Wildman–Crippen LogP) is 1.55. The van der Waals surface area contributed by atoms with Gasteiger partial charge in [-0.2, -0.15) is 4.72 Å². The Morgan fingerprint density at radius 3 is 2.51 bits per heavy atom. The number of likely N-dealkylation sites (tertiary alicyclic amines) is 1. The van der Waals surface area contributed by atoms with E-state index in [-0.39, 0.29) is 36.4 Å². The van der Waals surface area contributed by atoms with Crippen LogP contribution in [0.2, 0.25) is 0 Å². The Hall–Kier alpha value is -3.94. The third-order valence-electron chi connectivity index (χ3n) is 7.07. The minimum Gasteiger partial charge on any atom is -0.489 e. The van der Waals surface area contributed by atoms with Crippen molar-refractivity contribution in [1.82, 2.24) is 20.0 Å². The Balaban J connectivity index is 1.27. The lowest BCUT2D eigenvalue weighted by Gasteiger charge is -2.50. The molecule has 204 valence electrons. The molecule has 0 radical (unpaired) electrons. The Kier molecular flexibility index (Phi) is 7.05. The van der Waals surface area contributed by atoms with E-state index in [0.717, 1.165) is 22.2 Å². The molecule has 2 aromatic carbocycles. The number of carbonyl (C=O) groups is 2. The second-order valence-corrected chi connectivity index (χ2v) is 11.6. The number of aryl methyl sites for hydroxylation is 1. The Morgan fingerprint density at radius 1 is 1.15 bits per heavy atom. The Bertz CT molecular complexity index is 1530. The number of aromatic nitrogens is 1. The van der Waals surface area contributed by atoms with Crippen LogP contribution in [0.4, 0.5) is 0 Å². The van der Waals surface area contributed by atoms with E-state index in [9.17, 15) is 28.0 Å². The van der Waals surface area contributed by atoms with Crippen LogP contribution >= 0.6 is 0 Å². The van der Waals surface area contributed by atoms with Gasteiger partial charge in [0.15, 0.2) is 0 Å². The van der Waals surface area contributed by atoms with Crippen molar-refractivity contribution in [3.05, 3.63) is 70.8 Å². The summed E-state index contributed by atoms with van der Waals surface area (Å²) in [6.45, 7) is 1.62. The fourth-order valence-corrected chi connectivity index (χ4v) is 6.27. The summed E-state index contributed by atoms with van der Waals surface area (Å²) >= 11 is 0. The van der Waals surface area contributed by atoms with Crippen molar-refractivity contribution >= 4 is 32.7 Å². The summed E-state index contributed by atoms with van der Waals surface area (Å²) in [7, 11) is -4.23. The summed E-state index contributed by atoms with van der Waals surface area (Å²) in [5.41, 5.74) is 2.64. The van der Waals surface area contributed by atoms with Gasteiger partial charge < -0.3 is 14.7 Å². The smallest absolute Gasteiger partial charge is 0.267 e. The van der Waals surface area contributed by atoms with Gasteiger partial charge in [0.1, 0.15) is 17.9 Å². The number of benzene rings is 2. The SMILES string of the molecule is Cc1cc(COc2ccc(S(=O)(=O)NC3(C(=O)NN=O)CN(C(=O)[C@H]4C[C@@H](O)C4)C3)cc2)c2ccccc2n1. The highest BCUT2D eigenvalue weighted by Crippen LogP contribution is 2.33. The van der Waals surface area contributed by atoms with Crippen molar-refractivity contribution in [3.8, 4) is 5.75 Å². The zero-order valence-corrected chi connectivity index (χ0v) is 21.8. The molecule has 3 aromatic rings. The normalized spacial score (nSPS) is 20.0. The summed E-state index contributed by atoms with van der Waals surface area (Å²) < 4.78 is 34.6. The summed E-state index contributed by atoms with van der Waals surface area (Å²) in [6.07, 6.45) is 0.106. The highest BCUT2D eigenvalue weighted by atomic mass is 32.2. The number of aliphatic hydroxyl groups excluding tert-OH is 1. The molecule has 0 unspecified atom stereocenters. The van der Waals surface area contributed by atoms with E-state index in [2.05, 4.69) is 15.0 Å². The lowest BCUT2D eigenvalue weighted by molar-refractivity contribution is -0.154. The first kappa shape index (κ1) is 26.7. The maximum Gasteiger partial charge on any atom is 0.267 e. The van der Waals surface area contributed by atoms with Crippen LogP contribution in [-0.2, 0) is 26.2 Å². The van der Waals surface area contributed by atoms with Crippen LogP contribution in [0.25, 0.3) is 10.9 Å². The van der Waals surface area contributed by atoms with Crippen molar-refractivity contribution in [3.63, 3.8) is 0 Å². The molecule has 2 heterocycles. The van der Waals surface area contributed by atoms with Crippen molar-refractivity contribution < 1.29 is 27.9 Å². The van der Waals surface area contributed by atoms with Gasteiger partial charge in [-0.1, -0.05) is 18.2 Å². The second-order valence-electron chi connectivity index (χ2n) is 9.94.